The monoisotopic (exact) mass is 348 g/mol. The van der Waals surface area contributed by atoms with Crippen molar-refractivity contribution < 1.29 is 13.2 Å². The summed E-state index contributed by atoms with van der Waals surface area (Å²) in [5.41, 5.74) is -0.264. The number of hydrogen-bond acceptors (Lipinski definition) is 3. The van der Waals surface area contributed by atoms with Gasteiger partial charge in [0.05, 0.1) is 6.07 Å². The van der Waals surface area contributed by atoms with Gasteiger partial charge in [-0.05, 0) is 38.1 Å². The van der Waals surface area contributed by atoms with Crippen LogP contribution in [0.1, 0.15) is 33.4 Å². The van der Waals surface area contributed by atoms with Crippen molar-refractivity contribution in [3.8, 4) is 6.07 Å². The number of aromatic nitrogens is 2. The molecule has 2 rings (SSSR count). The first-order chi connectivity index (χ1) is 11.6. The molecule has 0 atom stereocenters. The molecule has 0 aromatic carbocycles. The zero-order chi connectivity index (χ0) is 19.5. The summed E-state index contributed by atoms with van der Waals surface area (Å²) < 4.78 is 36.3. The molecule has 0 bridgehead atoms. The van der Waals surface area contributed by atoms with Gasteiger partial charge in [-0.1, -0.05) is 12.1 Å². The van der Waals surface area contributed by atoms with E-state index in [-0.39, 0.29) is 5.92 Å². The minimum absolute atomic E-state index is 0.190. The smallest absolute Gasteiger partial charge is 0.268 e. The Labute approximate surface area is 145 Å². The van der Waals surface area contributed by atoms with Gasteiger partial charge in [-0.2, -0.15) is 23.4 Å². The Morgan fingerprint density at radius 1 is 1.00 bits per heavy atom. The van der Waals surface area contributed by atoms with Crippen molar-refractivity contribution in [1.82, 2.24) is 9.97 Å². The summed E-state index contributed by atoms with van der Waals surface area (Å²) in [7, 11) is 0. The SMILES string of the molecule is CC(C)C#N.Fc1cccc(F)n1.[C-]#[N+]C(C)(C)c1cccc(F)n1. The number of nitrogens with zero attached hydrogens (tertiary/aromatic N) is 4. The van der Waals surface area contributed by atoms with Crippen LogP contribution in [0.15, 0.2) is 36.4 Å². The molecule has 0 aliphatic carbocycles. The van der Waals surface area contributed by atoms with Crippen molar-refractivity contribution >= 4 is 0 Å². The maximum Gasteiger partial charge on any atom is 0.268 e. The summed E-state index contributed by atoms with van der Waals surface area (Å²) in [4.78, 5) is 9.83. The number of pyridine rings is 2. The van der Waals surface area contributed by atoms with Crippen LogP contribution in [0.3, 0.4) is 0 Å². The molecule has 0 unspecified atom stereocenters. The molecule has 0 spiro atoms. The number of rotatable bonds is 1. The van der Waals surface area contributed by atoms with Crippen molar-refractivity contribution in [2.45, 2.75) is 33.2 Å². The Morgan fingerprint density at radius 2 is 1.40 bits per heavy atom. The third kappa shape index (κ3) is 9.72. The Balaban J connectivity index is 0.000000382. The first-order valence-corrected chi connectivity index (χ1v) is 7.31. The fraction of sp³-hybridized carbons (Fsp3) is 0.333. The number of nitriles is 1. The maximum atomic E-state index is 12.6. The van der Waals surface area contributed by atoms with E-state index in [9.17, 15) is 13.2 Å². The molecule has 2 heterocycles. The number of halogens is 3. The molecule has 0 saturated heterocycles. The normalized spacial score (nSPS) is 9.68. The van der Waals surface area contributed by atoms with Crippen LogP contribution in [0.25, 0.3) is 4.85 Å². The largest absolute Gasteiger partial charge is 0.304 e. The third-order valence-corrected chi connectivity index (χ3v) is 2.56. The molecule has 2 aromatic rings. The van der Waals surface area contributed by atoms with E-state index >= 15 is 0 Å². The van der Waals surface area contributed by atoms with Crippen LogP contribution in [0.5, 0.6) is 0 Å². The topological polar surface area (TPSA) is 53.9 Å². The van der Waals surface area contributed by atoms with Crippen LogP contribution < -0.4 is 0 Å². The van der Waals surface area contributed by atoms with Gasteiger partial charge in [0.1, 0.15) is 5.69 Å². The molecule has 0 N–H and O–H groups in total. The van der Waals surface area contributed by atoms with Gasteiger partial charge < -0.3 is 4.85 Å². The summed E-state index contributed by atoms with van der Waals surface area (Å²) >= 11 is 0. The van der Waals surface area contributed by atoms with Gasteiger partial charge in [-0.3, -0.25) is 0 Å². The third-order valence-electron chi connectivity index (χ3n) is 2.56. The summed E-state index contributed by atoms with van der Waals surface area (Å²) in [6.07, 6.45) is 0. The van der Waals surface area contributed by atoms with Gasteiger partial charge in [-0.25, -0.2) is 11.6 Å². The van der Waals surface area contributed by atoms with Gasteiger partial charge in [-0.15, -0.1) is 0 Å². The maximum absolute atomic E-state index is 12.6. The molecule has 0 amide bonds. The van der Waals surface area contributed by atoms with Gasteiger partial charge >= 0.3 is 0 Å². The minimum atomic E-state index is -0.787. The van der Waals surface area contributed by atoms with E-state index < -0.39 is 23.4 Å². The highest BCUT2D eigenvalue weighted by molar-refractivity contribution is 5.17. The zero-order valence-electron chi connectivity index (χ0n) is 14.5. The lowest BCUT2D eigenvalue weighted by atomic mass is 10.0. The van der Waals surface area contributed by atoms with Crippen LogP contribution in [-0.2, 0) is 5.54 Å². The molecule has 25 heavy (non-hydrogen) atoms. The Morgan fingerprint density at radius 3 is 1.68 bits per heavy atom. The van der Waals surface area contributed by atoms with Crippen molar-refractivity contribution in [3.63, 3.8) is 0 Å². The lowest BCUT2D eigenvalue weighted by Gasteiger charge is -2.09. The van der Waals surface area contributed by atoms with Gasteiger partial charge in [0, 0.05) is 19.8 Å². The van der Waals surface area contributed by atoms with Crippen molar-refractivity contribution in [1.29, 1.82) is 5.26 Å². The number of hydrogen-bond donors (Lipinski definition) is 0. The first kappa shape index (κ1) is 22.1. The van der Waals surface area contributed by atoms with Crippen LogP contribution in [0, 0.1) is 41.7 Å². The van der Waals surface area contributed by atoms with E-state index in [2.05, 4.69) is 14.8 Å². The van der Waals surface area contributed by atoms with Gasteiger partial charge in [0.2, 0.25) is 17.8 Å². The predicted molar refractivity (Wildman–Crippen MR) is 88.4 cm³/mol. The lowest BCUT2D eigenvalue weighted by molar-refractivity contribution is 0.513. The lowest BCUT2D eigenvalue weighted by Crippen LogP contribution is -2.13. The summed E-state index contributed by atoms with van der Waals surface area (Å²) in [6, 6.07) is 9.94. The van der Waals surface area contributed by atoms with E-state index in [0.717, 1.165) is 12.1 Å². The van der Waals surface area contributed by atoms with Crippen LogP contribution in [0.4, 0.5) is 13.2 Å². The first-order valence-electron chi connectivity index (χ1n) is 7.31. The molecule has 0 saturated carbocycles. The van der Waals surface area contributed by atoms with E-state index in [1.807, 2.05) is 19.9 Å². The molecule has 132 valence electrons. The van der Waals surface area contributed by atoms with Crippen LogP contribution in [-0.4, -0.2) is 9.97 Å². The quantitative estimate of drug-likeness (QED) is 0.544. The second kappa shape index (κ2) is 10.8. The minimum Gasteiger partial charge on any atom is -0.304 e. The summed E-state index contributed by atoms with van der Waals surface area (Å²) in [5.74, 6) is -1.92. The van der Waals surface area contributed by atoms with Gasteiger partial charge in [0.15, 0.2) is 0 Å². The molecule has 0 fully saturated rings. The molecule has 0 aliphatic rings. The fourth-order valence-corrected chi connectivity index (χ4v) is 1.19. The Kier molecular flexibility index (Phi) is 9.51. The van der Waals surface area contributed by atoms with E-state index in [1.54, 1.807) is 26.0 Å². The highest BCUT2D eigenvalue weighted by Crippen LogP contribution is 2.22. The molecular formula is C18H19F3N4. The van der Waals surface area contributed by atoms with Crippen molar-refractivity contribution in [3.05, 3.63) is 71.4 Å². The second-order valence-corrected chi connectivity index (χ2v) is 5.58. The molecule has 0 radical (unpaired) electrons. The molecule has 4 nitrogen and oxygen atoms in total. The molecule has 2 aromatic heterocycles. The summed E-state index contributed by atoms with van der Waals surface area (Å²) in [6.45, 7) is 14.0. The molecule has 0 aliphatic heterocycles. The van der Waals surface area contributed by atoms with Gasteiger partial charge in [0.25, 0.3) is 5.54 Å². The highest BCUT2D eigenvalue weighted by atomic mass is 19.1. The average Bonchev–Trinajstić information content (AvgIpc) is 2.55. The van der Waals surface area contributed by atoms with E-state index in [4.69, 9.17) is 11.8 Å². The van der Waals surface area contributed by atoms with Crippen molar-refractivity contribution in [2.75, 3.05) is 0 Å². The molecular weight excluding hydrogens is 329 g/mol. The van der Waals surface area contributed by atoms with Crippen molar-refractivity contribution in [2.24, 2.45) is 5.92 Å². The van der Waals surface area contributed by atoms with Crippen LogP contribution in [0.2, 0.25) is 0 Å². The summed E-state index contributed by atoms with van der Waals surface area (Å²) in [5, 5.41) is 7.89. The molecule has 7 heteroatoms. The fourth-order valence-electron chi connectivity index (χ4n) is 1.19. The second-order valence-electron chi connectivity index (χ2n) is 5.58. The van der Waals surface area contributed by atoms with E-state index in [1.165, 1.54) is 12.1 Å². The highest BCUT2D eigenvalue weighted by Gasteiger charge is 2.27. The zero-order valence-corrected chi connectivity index (χ0v) is 14.5. The van der Waals surface area contributed by atoms with E-state index in [0.29, 0.717) is 5.69 Å². The Hall–Kier alpha value is -2.93. The average molecular weight is 348 g/mol. The standard InChI is InChI=1S/C9H9FN2.C5H3F2N.C4H7N/c1-9(2,11-3)7-5-4-6-8(10)12-7;6-4-2-1-3-5(7)8-4;1-4(2)3-5/h4-6H,1-2H3;1-3H;4H,1-2H3. The Bertz CT molecular complexity index is 729. The van der Waals surface area contributed by atoms with Crippen LogP contribution >= 0.6 is 0 Å². The predicted octanol–water partition coefficient (Wildman–Crippen LogP) is 4.90.